The van der Waals surface area contributed by atoms with Gasteiger partial charge in [-0.25, -0.2) is 20.0 Å². The Hall–Kier alpha value is -4.70. The molecule has 0 saturated heterocycles. The molecule has 47 heavy (non-hydrogen) atoms. The first kappa shape index (κ1) is 33.7. The van der Waals surface area contributed by atoms with Gasteiger partial charge in [0, 0.05) is 16.8 Å². The zero-order valence-electron chi connectivity index (χ0n) is 29.4. The van der Waals surface area contributed by atoms with Gasteiger partial charge >= 0.3 is 0 Å². The Morgan fingerprint density at radius 3 is 1.26 bits per heavy atom. The highest BCUT2D eigenvalue weighted by molar-refractivity contribution is 6.15. The van der Waals surface area contributed by atoms with E-state index in [-0.39, 0.29) is 0 Å². The van der Waals surface area contributed by atoms with Gasteiger partial charge in [-0.1, -0.05) is 152 Å². The highest BCUT2D eigenvalue weighted by Gasteiger charge is 2.21. The van der Waals surface area contributed by atoms with Gasteiger partial charge in [0.2, 0.25) is 0 Å². The molecule has 240 valence electrons. The molecule has 0 spiro atoms. The van der Waals surface area contributed by atoms with Crippen LogP contribution in [-0.2, 0) is 0 Å². The summed E-state index contributed by atoms with van der Waals surface area (Å²) in [5, 5.41) is 0. The zero-order chi connectivity index (χ0) is 33.7. The smallest absolute Gasteiger partial charge is 0.179 e. The molecular formula is C43H48N4. The maximum Gasteiger partial charge on any atom is 0.179 e. The van der Waals surface area contributed by atoms with E-state index in [0.29, 0.717) is 29.5 Å². The number of rotatable bonds is 10. The summed E-state index contributed by atoms with van der Waals surface area (Å²) < 4.78 is 0. The zero-order valence-corrected chi connectivity index (χ0v) is 29.4. The van der Waals surface area contributed by atoms with Gasteiger partial charge in [0.1, 0.15) is 5.71 Å². The minimum absolute atomic E-state index is 0.312. The first-order valence-corrected chi connectivity index (χ1v) is 16.9. The van der Waals surface area contributed by atoms with Crippen molar-refractivity contribution in [2.75, 3.05) is 0 Å². The Balaban J connectivity index is 1.82. The molecule has 0 aliphatic carbocycles. The Kier molecular flexibility index (Phi) is 10.6. The lowest BCUT2D eigenvalue weighted by atomic mass is 9.92. The largest absolute Gasteiger partial charge is 0.246 e. The number of aromatic nitrogens is 2. The number of aryl methyl sites for hydroxylation is 1. The molecular weight excluding hydrogens is 573 g/mol. The molecule has 0 aliphatic heterocycles. The van der Waals surface area contributed by atoms with Gasteiger partial charge in [-0.2, -0.15) is 0 Å². The van der Waals surface area contributed by atoms with E-state index in [2.05, 4.69) is 128 Å². The highest BCUT2D eigenvalue weighted by Crippen LogP contribution is 2.37. The fourth-order valence-electron chi connectivity index (χ4n) is 6.01. The van der Waals surface area contributed by atoms with Crippen LogP contribution in [-0.4, -0.2) is 21.4 Å². The molecule has 0 aliphatic rings. The predicted octanol–water partition coefficient (Wildman–Crippen LogP) is 11.6. The van der Waals surface area contributed by atoms with E-state index in [9.17, 15) is 0 Å². The molecule has 4 heteroatoms. The van der Waals surface area contributed by atoms with Crippen molar-refractivity contribution in [3.63, 3.8) is 0 Å². The summed E-state index contributed by atoms with van der Waals surface area (Å²) >= 11 is 0. The molecule has 0 fully saturated rings. The molecule has 0 radical (unpaired) electrons. The standard InChI is InChI=1S/C43H48N4/c1-27(2)34-22-16-23-35(28(3)4)41(34)46-39(32-18-12-10-13-19-32)38-26-31(9)44-43(45-38)40(33-20-14-11-15-21-33)47-42-36(29(5)6)24-17-25-37(42)30(7)8/h10-30H,1-9H3. The Morgan fingerprint density at radius 2 is 0.851 bits per heavy atom. The van der Waals surface area contributed by atoms with E-state index in [4.69, 9.17) is 20.0 Å². The van der Waals surface area contributed by atoms with E-state index in [1.165, 1.54) is 22.3 Å². The topological polar surface area (TPSA) is 50.5 Å². The molecule has 0 atom stereocenters. The van der Waals surface area contributed by atoms with Crippen molar-refractivity contribution in [1.29, 1.82) is 0 Å². The second-order valence-corrected chi connectivity index (χ2v) is 13.6. The van der Waals surface area contributed by atoms with Crippen molar-refractivity contribution in [2.45, 2.75) is 86.0 Å². The van der Waals surface area contributed by atoms with Crippen LogP contribution in [0.3, 0.4) is 0 Å². The van der Waals surface area contributed by atoms with Gasteiger partial charge < -0.3 is 0 Å². The number of para-hydroxylation sites is 2. The van der Waals surface area contributed by atoms with Crippen molar-refractivity contribution in [3.8, 4) is 0 Å². The molecule has 5 aromatic rings. The lowest BCUT2D eigenvalue weighted by molar-refractivity contribution is 0.834. The lowest BCUT2D eigenvalue weighted by Gasteiger charge is -2.19. The van der Waals surface area contributed by atoms with E-state index in [1.54, 1.807) is 0 Å². The van der Waals surface area contributed by atoms with Crippen LogP contribution < -0.4 is 0 Å². The fourth-order valence-corrected chi connectivity index (χ4v) is 6.01. The molecule has 0 bridgehead atoms. The second kappa shape index (κ2) is 14.8. The monoisotopic (exact) mass is 620 g/mol. The highest BCUT2D eigenvalue weighted by atomic mass is 14.9. The van der Waals surface area contributed by atoms with Gasteiger partial charge in [0.25, 0.3) is 0 Å². The number of aliphatic imine (C=N–C) groups is 2. The average Bonchev–Trinajstić information content (AvgIpc) is 3.06. The van der Waals surface area contributed by atoms with Crippen LogP contribution in [0, 0.1) is 6.92 Å². The summed E-state index contributed by atoms with van der Waals surface area (Å²) in [5.41, 5.74) is 12.1. The van der Waals surface area contributed by atoms with Crippen LogP contribution in [0.4, 0.5) is 11.4 Å². The summed E-state index contributed by atoms with van der Waals surface area (Å²) in [7, 11) is 0. The van der Waals surface area contributed by atoms with Crippen LogP contribution in [0.25, 0.3) is 0 Å². The first-order valence-electron chi connectivity index (χ1n) is 16.9. The maximum atomic E-state index is 5.50. The SMILES string of the molecule is Cc1cc(C(=Nc2c(C(C)C)cccc2C(C)C)c2ccccc2)nc(C(=Nc2c(C(C)C)cccc2C(C)C)c2ccccc2)n1. The normalized spacial score (nSPS) is 12.5. The van der Waals surface area contributed by atoms with E-state index in [0.717, 1.165) is 45.3 Å². The van der Waals surface area contributed by atoms with Crippen LogP contribution in [0.15, 0.2) is 113 Å². The van der Waals surface area contributed by atoms with Crippen LogP contribution in [0.1, 0.15) is 130 Å². The molecule has 0 amide bonds. The molecule has 0 saturated carbocycles. The Bertz CT molecular complexity index is 1690. The van der Waals surface area contributed by atoms with Crippen LogP contribution >= 0.6 is 0 Å². The summed E-state index contributed by atoms with van der Waals surface area (Å²) in [5.74, 6) is 1.85. The Labute approximate surface area is 281 Å². The summed E-state index contributed by atoms with van der Waals surface area (Å²) in [4.78, 5) is 21.3. The third-order valence-corrected chi connectivity index (χ3v) is 8.54. The van der Waals surface area contributed by atoms with Crippen molar-refractivity contribution in [2.24, 2.45) is 9.98 Å². The van der Waals surface area contributed by atoms with Crippen LogP contribution in [0.2, 0.25) is 0 Å². The summed E-state index contributed by atoms with van der Waals surface area (Å²) in [6, 6.07) is 35.8. The van der Waals surface area contributed by atoms with E-state index >= 15 is 0 Å². The van der Waals surface area contributed by atoms with Crippen molar-refractivity contribution in [1.82, 2.24) is 9.97 Å². The molecule has 0 N–H and O–H groups in total. The molecule has 4 nitrogen and oxygen atoms in total. The van der Waals surface area contributed by atoms with Crippen molar-refractivity contribution in [3.05, 3.63) is 154 Å². The number of hydrogen-bond acceptors (Lipinski definition) is 4. The minimum atomic E-state index is 0.312. The molecule has 5 rings (SSSR count). The van der Waals surface area contributed by atoms with Gasteiger partial charge in [0.15, 0.2) is 5.82 Å². The summed E-state index contributed by atoms with van der Waals surface area (Å²) in [6.07, 6.45) is 0. The first-order chi connectivity index (χ1) is 22.5. The Morgan fingerprint density at radius 1 is 0.468 bits per heavy atom. The molecule has 4 aromatic carbocycles. The van der Waals surface area contributed by atoms with Crippen molar-refractivity contribution < 1.29 is 0 Å². The molecule has 0 unspecified atom stereocenters. The van der Waals surface area contributed by atoms with Gasteiger partial charge in [0.05, 0.1) is 22.8 Å². The average molecular weight is 621 g/mol. The molecule has 1 aromatic heterocycles. The second-order valence-electron chi connectivity index (χ2n) is 13.6. The van der Waals surface area contributed by atoms with E-state index < -0.39 is 0 Å². The predicted molar refractivity (Wildman–Crippen MR) is 199 cm³/mol. The summed E-state index contributed by atoms with van der Waals surface area (Å²) in [6.45, 7) is 19.9. The minimum Gasteiger partial charge on any atom is -0.246 e. The lowest BCUT2D eigenvalue weighted by Crippen LogP contribution is -2.15. The fraction of sp³-hybridized carbons (Fsp3) is 0.302. The van der Waals surface area contributed by atoms with Gasteiger partial charge in [-0.05, 0) is 58.9 Å². The number of benzene rings is 4. The van der Waals surface area contributed by atoms with E-state index in [1.807, 2.05) is 37.3 Å². The third-order valence-electron chi connectivity index (χ3n) is 8.54. The maximum absolute atomic E-state index is 5.50. The quantitative estimate of drug-likeness (QED) is 0.146. The number of hydrogen-bond donors (Lipinski definition) is 0. The third kappa shape index (κ3) is 7.65. The molecule has 1 heterocycles. The van der Waals surface area contributed by atoms with Crippen molar-refractivity contribution >= 4 is 22.8 Å². The number of nitrogens with zero attached hydrogens (tertiary/aromatic N) is 4. The van der Waals surface area contributed by atoms with Gasteiger partial charge in [-0.15, -0.1) is 0 Å². The van der Waals surface area contributed by atoms with Gasteiger partial charge in [-0.3, -0.25) is 0 Å². The van der Waals surface area contributed by atoms with Crippen LogP contribution in [0.5, 0.6) is 0 Å².